The number of aliphatic carboxylic acids is 1. The molecule has 0 aromatic rings. The van der Waals surface area contributed by atoms with E-state index < -0.39 is 5.97 Å². The number of rotatable bonds is 4. The number of nitrogens with zero attached hydrogens (tertiary/aromatic N) is 1. The number of likely N-dealkylation sites (tertiary alicyclic amines) is 1. The number of aliphatic hydroxyl groups is 1. The Balaban J connectivity index is 2.44. The Morgan fingerprint density at radius 1 is 1.53 bits per heavy atom. The Bertz CT molecular complexity index is 218. The summed E-state index contributed by atoms with van der Waals surface area (Å²) in [5.41, 5.74) is 0. The summed E-state index contributed by atoms with van der Waals surface area (Å²) in [5.74, 6) is -0.469. The van der Waals surface area contributed by atoms with Gasteiger partial charge in [-0.1, -0.05) is 0 Å². The number of aliphatic hydroxyl groups excluding tert-OH is 1. The second-order valence-electron chi connectivity index (χ2n) is 4.58. The van der Waals surface area contributed by atoms with E-state index in [0.717, 1.165) is 25.9 Å². The largest absolute Gasteiger partial charge is 0.481 e. The maximum Gasteiger partial charge on any atom is 0.303 e. The van der Waals surface area contributed by atoms with Crippen LogP contribution in [0.2, 0.25) is 0 Å². The van der Waals surface area contributed by atoms with Crippen LogP contribution in [0.5, 0.6) is 0 Å². The topological polar surface area (TPSA) is 60.8 Å². The van der Waals surface area contributed by atoms with E-state index >= 15 is 0 Å². The van der Waals surface area contributed by atoms with Gasteiger partial charge >= 0.3 is 5.97 Å². The average Bonchev–Trinajstić information content (AvgIpc) is 2.16. The highest BCUT2D eigenvalue weighted by atomic mass is 16.4. The average molecular weight is 215 g/mol. The van der Waals surface area contributed by atoms with Gasteiger partial charge in [0, 0.05) is 19.0 Å². The van der Waals surface area contributed by atoms with Crippen molar-refractivity contribution < 1.29 is 15.0 Å². The predicted molar refractivity (Wildman–Crippen MR) is 57.7 cm³/mol. The summed E-state index contributed by atoms with van der Waals surface area (Å²) < 4.78 is 0. The van der Waals surface area contributed by atoms with Crippen molar-refractivity contribution in [3.8, 4) is 0 Å². The molecule has 2 N–H and O–H groups in total. The van der Waals surface area contributed by atoms with Crippen molar-refractivity contribution in [2.24, 2.45) is 5.92 Å². The molecule has 1 aliphatic rings. The van der Waals surface area contributed by atoms with Gasteiger partial charge < -0.3 is 10.2 Å². The van der Waals surface area contributed by atoms with Crippen LogP contribution in [0.25, 0.3) is 0 Å². The fraction of sp³-hybridized carbons (Fsp3) is 0.909. The normalized spacial score (nSPS) is 27.3. The number of carboxylic acids is 1. The molecule has 1 heterocycles. The van der Waals surface area contributed by atoms with E-state index in [1.807, 2.05) is 6.92 Å². The third kappa shape index (κ3) is 3.80. The first-order chi connectivity index (χ1) is 7.00. The number of hydrogen-bond acceptors (Lipinski definition) is 3. The van der Waals surface area contributed by atoms with Gasteiger partial charge in [-0.3, -0.25) is 9.69 Å². The molecule has 0 aromatic carbocycles. The van der Waals surface area contributed by atoms with Crippen molar-refractivity contribution in [1.29, 1.82) is 0 Å². The number of carbonyl (C=O) groups is 1. The van der Waals surface area contributed by atoms with Gasteiger partial charge in [0.2, 0.25) is 0 Å². The minimum absolute atomic E-state index is 0.126. The lowest BCUT2D eigenvalue weighted by Crippen LogP contribution is -2.46. The molecular weight excluding hydrogens is 194 g/mol. The Hall–Kier alpha value is -0.610. The van der Waals surface area contributed by atoms with E-state index in [1.165, 1.54) is 0 Å². The van der Waals surface area contributed by atoms with Crippen LogP contribution in [-0.4, -0.2) is 46.3 Å². The first-order valence-corrected chi connectivity index (χ1v) is 5.64. The standard InChI is InChI=1S/C11H21NO3/c1-8(9(2)13)12-5-3-4-10(7-12)6-11(14)15/h8-10,13H,3-7H2,1-2H3,(H,14,15). The SMILES string of the molecule is CC(O)C(C)N1CCCC(CC(=O)O)C1. The van der Waals surface area contributed by atoms with Crippen LogP contribution in [-0.2, 0) is 4.79 Å². The van der Waals surface area contributed by atoms with Crippen molar-refractivity contribution in [2.75, 3.05) is 13.1 Å². The highest BCUT2D eigenvalue weighted by Crippen LogP contribution is 2.22. The zero-order valence-electron chi connectivity index (χ0n) is 9.52. The third-order valence-corrected chi connectivity index (χ3v) is 3.29. The quantitative estimate of drug-likeness (QED) is 0.732. The van der Waals surface area contributed by atoms with Crippen molar-refractivity contribution in [1.82, 2.24) is 4.90 Å². The van der Waals surface area contributed by atoms with Gasteiger partial charge in [0.1, 0.15) is 0 Å². The summed E-state index contributed by atoms with van der Waals surface area (Å²) in [5, 5.41) is 18.2. The Morgan fingerprint density at radius 3 is 2.73 bits per heavy atom. The lowest BCUT2D eigenvalue weighted by molar-refractivity contribution is -0.138. The highest BCUT2D eigenvalue weighted by molar-refractivity contribution is 5.67. The molecule has 4 nitrogen and oxygen atoms in total. The van der Waals surface area contributed by atoms with Gasteiger partial charge in [-0.15, -0.1) is 0 Å². The number of piperidine rings is 1. The highest BCUT2D eigenvalue weighted by Gasteiger charge is 2.26. The van der Waals surface area contributed by atoms with E-state index in [1.54, 1.807) is 6.92 Å². The van der Waals surface area contributed by atoms with E-state index in [0.29, 0.717) is 0 Å². The van der Waals surface area contributed by atoms with Crippen LogP contribution >= 0.6 is 0 Å². The van der Waals surface area contributed by atoms with Crippen LogP contribution in [0.15, 0.2) is 0 Å². The lowest BCUT2D eigenvalue weighted by atomic mass is 9.93. The Kier molecular flexibility index (Phi) is 4.54. The first kappa shape index (κ1) is 12.5. The molecule has 88 valence electrons. The molecule has 0 bridgehead atoms. The van der Waals surface area contributed by atoms with Gasteiger partial charge in [-0.2, -0.15) is 0 Å². The van der Waals surface area contributed by atoms with Crippen LogP contribution in [0.1, 0.15) is 33.1 Å². The van der Waals surface area contributed by atoms with Gasteiger partial charge in [0.15, 0.2) is 0 Å². The number of hydrogen-bond donors (Lipinski definition) is 2. The molecular formula is C11H21NO3. The van der Waals surface area contributed by atoms with E-state index in [2.05, 4.69) is 4.90 Å². The number of carboxylic acid groups (broad SMARTS) is 1. The molecule has 4 heteroatoms. The van der Waals surface area contributed by atoms with Crippen LogP contribution in [0.3, 0.4) is 0 Å². The summed E-state index contributed by atoms with van der Waals surface area (Å²) in [6, 6.07) is 0.126. The molecule has 0 aliphatic carbocycles. The molecule has 3 unspecified atom stereocenters. The van der Waals surface area contributed by atoms with E-state index in [-0.39, 0.29) is 24.5 Å². The summed E-state index contributed by atoms with van der Waals surface area (Å²) in [6.07, 6.45) is 1.93. The summed E-state index contributed by atoms with van der Waals surface area (Å²) in [7, 11) is 0. The minimum Gasteiger partial charge on any atom is -0.481 e. The van der Waals surface area contributed by atoms with Crippen LogP contribution < -0.4 is 0 Å². The molecule has 1 fully saturated rings. The maximum absolute atomic E-state index is 10.6. The van der Waals surface area contributed by atoms with E-state index in [9.17, 15) is 9.90 Å². The van der Waals surface area contributed by atoms with Crippen LogP contribution in [0, 0.1) is 5.92 Å². The second kappa shape index (κ2) is 5.47. The van der Waals surface area contributed by atoms with Crippen LogP contribution in [0.4, 0.5) is 0 Å². The van der Waals surface area contributed by atoms with Crippen molar-refractivity contribution in [3.63, 3.8) is 0 Å². The van der Waals surface area contributed by atoms with Gasteiger partial charge in [-0.25, -0.2) is 0 Å². The lowest BCUT2D eigenvalue weighted by Gasteiger charge is -2.37. The maximum atomic E-state index is 10.6. The first-order valence-electron chi connectivity index (χ1n) is 5.64. The monoisotopic (exact) mass is 215 g/mol. The fourth-order valence-electron chi connectivity index (χ4n) is 2.19. The minimum atomic E-state index is -0.716. The molecule has 15 heavy (non-hydrogen) atoms. The third-order valence-electron chi connectivity index (χ3n) is 3.29. The van der Waals surface area contributed by atoms with Crippen molar-refractivity contribution in [2.45, 2.75) is 45.3 Å². The molecule has 1 rings (SSSR count). The summed E-state index contributed by atoms with van der Waals surface area (Å²) in [4.78, 5) is 12.8. The smallest absolute Gasteiger partial charge is 0.303 e. The van der Waals surface area contributed by atoms with E-state index in [4.69, 9.17) is 5.11 Å². The Morgan fingerprint density at radius 2 is 2.20 bits per heavy atom. The van der Waals surface area contributed by atoms with Crippen molar-refractivity contribution >= 4 is 5.97 Å². The molecule has 0 radical (unpaired) electrons. The van der Waals surface area contributed by atoms with Crippen molar-refractivity contribution in [3.05, 3.63) is 0 Å². The van der Waals surface area contributed by atoms with Gasteiger partial charge in [-0.05, 0) is 39.2 Å². The molecule has 0 aromatic heterocycles. The van der Waals surface area contributed by atoms with Gasteiger partial charge in [0.25, 0.3) is 0 Å². The molecule has 0 saturated carbocycles. The van der Waals surface area contributed by atoms with Gasteiger partial charge in [0.05, 0.1) is 6.10 Å². The fourth-order valence-corrected chi connectivity index (χ4v) is 2.19. The molecule has 0 spiro atoms. The molecule has 1 saturated heterocycles. The summed E-state index contributed by atoms with van der Waals surface area (Å²) in [6.45, 7) is 5.56. The summed E-state index contributed by atoms with van der Waals surface area (Å²) >= 11 is 0. The molecule has 1 aliphatic heterocycles. The zero-order chi connectivity index (χ0) is 11.4. The predicted octanol–water partition coefficient (Wildman–Crippen LogP) is 0.942. The zero-order valence-corrected chi connectivity index (χ0v) is 9.52. The molecule has 3 atom stereocenters. The molecule has 0 amide bonds. The second-order valence-corrected chi connectivity index (χ2v) is 4.58. The Labute approximate surface area is 90.9 Å².